The lowest BCUT2D eigenvalue weighted by atomic mass is 10.0. The Morgan fingerprint density at radius 1 is 1.05 bits per heavy atom. The Balaban J connectivity index is 1.59. The minimum absolute atomic E-state index is 0.118. The first-order valence-corrected chi connectivity index (χ1v) is 15.0. The van der Waals surface area contributed by atoms with E-state index in [1.807, 2.05) is 39.8 Å². The number of fused-ring (bicyclic) bond motifs is 1. The molecule has 1 aliphatic rings. The molecule has 1 aliphatic heterocycles. The predicted octanol–water partition coefficient (Wildman–Crippen LogP) is 6.35. The highest BCUT2D eigenvalue weighted by atomic mass is 32.1. The van der Waals surface area contributed by atoms with Gasteiger partial charge in [-0.2, -0.15) is 0 Å². The van der Waals surface area contributed by atoms with E-state index in [0.29, 0.717) is 22.7 Å². The molecule has 1 fully saturated rings. The second-order valence-corrected chi connectivity index (χ2v) is 13.3. The maximum Gasteiger partial charge on any atom is 0.412 e. The summed E-state index contributed by atoms with van der Waals surface area (Å²) in [5.41, 5.74) is 1.76. The minimum Gasteiger partial charge on any atom is -0.444 e. The van der Waals surface area contributed by atoms with Crippen molar-refractivity contribution >= 4 is 56.0 Å². The molecule has 0 aliphatic carbocycles. The topological polar surface area (TPSA) is 135 Å². The van der Waals surface area contributed by atoms with Crippen LogP contribution in [0.5, 0.6) is 0 Å². The van der Waals surface area contributed by atoms with Crippen molar-refractivity contribution in [1.82, 2.24) is 15.3 Å². The number of aryl methyl sites for hydroxylation is 1. The van der Waals surface area contributed by atoms with Crippen LogP contribution < -0.4 is 20.9 Å². The Hall–Kier alpha value is -3.93. The Morgan fingerprint density at radius 3 is 2.45 bits per heavy atom. The normalized spacial score (nSPS) is 15.7. The number of amides is 3. The fraction of sp³-hybridized carbons (Fsp3) is 0.500. The van der Waals surface area contributed by atoms with Crippen molar-refractivity contribution in [2.45, 2.75) is 85.0 Å². The van der Waals surface area contributed by atoms with Gasteiger partial charge >= 0.3 is 12.2 Å². The van der Waals surface area contributed by atoms with Crippen LogP contribution in [-0.4, -0.2) is 58.4 Å². The van der Waals surface area contributed by atoms with E-state index in [1.165, 1.54) is 11.3 Å². The average molecular weight is 597 g/mol. The zero-order valence-corrected chi connectivity index (χ0v) is 26.1. The molecule has 4 heterocycles. The number of anilines is 3. The van der Waals surface area contributed by atoms with Gasteiger partial charge in [0.1, 0.15) is 21.8 Å². The molecule has 12 heteroatoms. The number of rotatable bonds is 6. The molecule has 3 amide bonds. The molecule has 0 saturated carbocycles. The van der Waals surface area contributed by atoms with Gasteiger partial charge in [-0.1, -0.05) is 6.92 Å². The molecule has 0 aromatic carbocycles. The number of carbonyl (C=O) groups is 3. The number of nitrogens with one attached hydrogen (secondary N) is 3. The van der Waals surface area contributed by atoms with Gasteiger partial charge in [-0.3, -0.25) is 20.1 Å². The molecule has 1 atom stereocenters. The van der Waals surface area contributed by atoms with E-state index in [1.54, 1.807) is 39.4 Å². The van der Waals surface area contributed by atoms with Crippen LogP contribution in [0.1, 0.15) is 77.2 Å². The number of alkyl carbamates (subject to hydrolysis) is 1. The van der Waals surface area contributed by atoms with Gasteiger partial charge in [-0.15, -0.1) is 11.3 Å². The zero-order chi connectivity index (χ0) is 30.7. The third-order valence-corrected chi connectivity index (χ3v) is 7.41. The molecule has 11 nitrogen and oxygen atoms in total. The van der Waals surface area contributed by atoms with E-state index >= 15 is 0 Å². The Labute approximate surface area is 250 Å². The van der Waals surface area contributed by atoms with Crippen LogP contribution >= 0.6 is 11.3 Å². The van der Waals surface area contributed by atoms with Crippen molar-refractivity contribution in [3.8, 4) is 0 Å². The van der Waals surface area contributed by atoms with Gasteiger partial charge in [-0.05, 0) is 78.5 Å². The summed E-state index contributed by atoms with van der Waals surface area (Å²) in [7, 11) is 0. The lowest BCUT2D eigenvalue weighted by molar-refractivity contribution is 0.0499. The lowest BCUT2D eigenvalue weighted by Crippen LogP contribution is -2.49. The fourth-order valence-corrected chi connectivity index (χ4v) is 5.75. The van der Waals surface area contributed by atoms with Crippen molar-refractivity contribution in [2.24, 2.45) is 0 Å². The average Bonchev–Trinajstić information content (AvgIpc) is 3.23. The largest absolute Gasteiger partial charge is 0.444 e. The van der Waals surface area contributed by atoms with Crippen LogP contribution in [0.4, 0.5) is 26.0 Å². The Morgan fingerprint density at radius 2 is 1.76 bits per heavy atom. The van der Waals surface area contributed by atoms with Crippen LogP contribution in [-0.2, 0) is 15.9 Å². The third-order valence-electron chi connectivity index (χ3n) is 6.36. The first-order chi connectivity index (χ1) is 19.7. The van der Waals surface area contributed by atoms with Crippen molar-refractivity contribution in [1.29, 1.82) is 0 Å². The van der Waals surface area contributed by atoms with E-state index in [0.717, 1.165) is 41.8 Å². The monoisotopic (exact) mass is 596 g/mol. The summed E-state index contributed by atoms with van der Waals surface area (Å²) < 4.78 is 11.7. The number of piperidine rings is 1. The minimum atomic E-state index is -0.702. The SMILES string of the molecule is CCc1cnc2c(C(=O)Nc3cnccc3N3CCC[C@H](NC(=O)OC(C)(C)C)C3)c(NC(=O)OC(C)(C)C)sc2c1. The second kappa shape index (κ2) is 12.5. The Bertz CT molecular complexity index is 1460. The molecule has 3 aromatic rings. The highest BCUT2D eigenvalue weighted by molar-refractivity contribution is 7.23. The number of ether oxygens (including phenoxy) is 2. The summed E-state index contributed by atoms with van der Waals surface area (Å²) in [6, 6.07) is 3.70. The summed E-state index contributed by atoms with van der Waals surface area (Å²) in [5, 5.41) is 9.07. The van der Waals surface area contributed by atoms with Crippen LogP contribution in [0.25, 0.3) is 10.2 Å². The first-order valence-electron chi connectivity index (χ1n) is 14.1. The van der Waals surface area contributed by atoms with E-state index in [4.69, 9.17) is 9.47 Å². The van der Waals surface area contributed by atoms with Gasteiger partial charge in [0.2, 0.25) is 0 Å². The zero-order valence-electron chi connectivity index (χ0n) is 25.3. The Kier molecular flexibility index (Phi) is 9.24. The highest BCUT2D eigenvalue weighted by Crippen LogP contribution is 2.37. The summed E-state index contributed by atoms with van der Waals surface area (Å²) in [6.07, 6.45) is 6.34. The van der Waals surface area contributed by atoms with Crippen molar-refractivity contribution in [2.75, 3.05) is 28.6 Å². The van der Waals surface area contributed by atoms with E-state index in [-0.39, 0.29) is 11.6 Å². The molecule has 1 saturated heterocycles. The molecule has 42 heavy (non-hydrogen) atoms. The summed E-state index contributed by atoms with van der Waals surface area (Å²) in [5.74, 6) is -0.432. The molecule has 0 radical (unpaired) electrons. The second-order valence-electron chi connectivity index (χ2n) is 12.3. The lowest BCUT2D eigenvalue weighted by Gasteiger charge is -2.35. The van der Waals surface area contributed by atoms with Crippen LogP contribution in [0.2, 0.25) is 0 Å². The number of nitrogens with zero attached hydrogens (tertiary/aromatic N) is 3. The number of pyridine rings is 2. The summed E-state index contributed by atoms with van der Waals surface area (Å²) in [6.45, 7) is 14.1. The van der Waals surface area contributed by atoms with Crippen LogP contribution in [0.15, 0.2) is 30.7 Å². The quantitative estimate of drug-likeness (QED) is 0.300. The molecule has 3 aromatic heterocycles. The first kappa shape index (κ1) is 31.0. The molecule has 0 spiro atoms. The summed E-state index contributed by atoms with van der Waals surface area (Å²) in [4.78, 5) is 49.8. The van der Waals surface area contributed by atoms with E-state index < -0.39 is 29.3 Å². The van der Waals surface area contributed by atoms with Gasteiger partial charge < -0.3 is 25.0 Å². The van der Waals surface area contributed by atoms with Crippen molar-refractivity contribution < 1.29 is 23.9 Å². The van der Waals surface area contributed by atoms with E-state index in [9.17, 15) is 14.4 Å². The maximum absolute atomic E-state index is 13.9. The van der Waals surface area contributed by atoms with Gasteiger partial charge in [0.15, 0.2) is 0 Å². The number of thiophene rings is 1. The fourth-order valence-electron chi connectivity index (χ4n) is 4.64. The summed E-state index contributed by atoms with van der Waals surface area (Å²) >= 11 is 1.28. The number of hydrogen-bond acceptors (Lipinski definition) is 9. The van der Waals surface area contributed by atoms with Gasteiger partial charge in [0.05, 0.1) is 27.8 Å². The molecule has 3 N–H and O–H groups in total. The number of hydrogen-bond donors (Lipinski definition) is 3. The van der Waals surface area contributed by atoms with Gasteiger partial charge in [0, 0.05) is 31.5 Å². The van der Waals surface area contributed by atoms with Gasteiger partial charge in [-0.25, -0.2) is 9.59 Å². The standard InChI is InChI=1S/C30H40N6O5S/c1-8-18-14-22-24(32-15-18)23(26(42-22)35-28(39)41-30(5,6)7)25(37)34-20-16-31-12-11-21(20)36-13-9-10-19(17-36)33-27(38)40-29(2,3)4/h11-12,14-16,19H,8-10,13,17H2,1-7H3,(H,33,38)(H,34,37)(H,35,39)/t19-/m0/s1. The molecule has 4 rings (SSSR count). The number of carbonyl (C=O) groups excluding carboxylic acids is 3. The van der Waals surface area contributed by atoms with Crippen molar-refractivity contribution in [3.63, 3.8) is 0 Å². The molecule has 226 valence electrons. The molecular formula is C30H40N6O5S. The third kappa shape index (κ3) is 8.09. The van der Waals surface area contributed by atoms with Crippen LogP contribution in [0.3, 0.4) is 0 Å². The smallest absolute Gasteiger partial charge is 0.412 e. The van der Waals surface area contributed by atoms with Crippen molar-refractivity contribution in [3.05, 3.63) is 41.9 Å². The maximum atomic E-state index is 13.9. The number of aromatic nitrogens is 2. The van der Waals surface area contributed by atoms with Crippen LogP contribution in [0, 0.1) is 0 Å². The highest BCUT2D eigenvalue weighted by Gasteiger charge is 2.28. The molecule has 0 unspecified atom stereocenters. The molecular weight excluding hydrogens is 556 g/mol. The molecule has 0 bridgehead atoms. The van der Waals surface area contributed by atoms with E-state index in [2.05, 4.69) is 30.8 Å². The predicted molar refractivity (Wildman–Crippen MR) is 166 cm³/mol. The van der Waals surface area contributed by atoms with Gasteiger partial charge in [0.25, 0.3) is 5.91 Å².